The van der Waals surface area contributed by atoms with Crippen molar-refractivity contribution in [2.75, 3.05) is 11.9 Å². The molecular formula is C15H19N5O2. The Morgan fingerprint density at radius 3 is 3.09 bits per heavy atom. The molecule has 2 atom stereocenters. The number of rotatable bonds is 3. The van der Waals surface area contributed by atoms with Gasteiger partial charge in [0.15, 0.2) is 0 Å². The van der Waals surface area contributed by atoms with E-state index in [0.29, 0.717) is 12.4 Å². The molecule has 1 aliphatic rings. The topological polar surface area (TPSA) is 81.1 Å². The molecule has 2 aromatic heterocycles. The van der Waals surface area contributed by atoms with Crippen molar-refractivity contribution in [2.45, 2.75) is 25.0 Å². The van der Waals surface area contributed by atoms with Crippen LogP contribution >= 0.6 is 0 Å². The van der Waals surface area contributed by atoms with E-state index in [-0.39, 0.29) is 18.2 Å². The van der Waals surface area contributed by atoms with Crippen molar-refractivity contribution in [3.05, 3.63) is 42.4 Å². The van der Waals surface area contributed by atoms with Gasteiger partial charge in [-0.25, -0.2) is 9.78 Å². The lowest BCUT2D eigenvalue weighted by atomic mass is 9.98. The van der Waals surface area contributed by atoms with Crippen molar-refractivity contribution in [1.29, 1.82) is 0 Å². The number of pyridine rings is 1. The van der Waals surface area contributed by atoms with E-state index in [1.165, 1.54) is 0 Å². The maximum absolute atomic E-state index is 12.1. The minimum Gasteiger partial charge on any atom is -0.371 e. The van der Waals surface area contributed by atoms with Crippen LogP contribution in [0.25, 0.3) is 0 Å². The molecule has 2 amide bonds. The predicted molar refractivity (Wildman–Crippen MR) is 81.3 cm³/mol. The highest BCUT2D eigenvalue weighted by atomic mass is 16.5. The Kier molecular flexibility index (Phi) is 4.34. The molecule has 7 nitrogen and oxygen atoms in total. The predicted octanol–water partition coefficient (Wildman–Crippen LogP) is 1.86. The SMILES string of the molecule is Cn1cc([C@H]2OCCC[C@@H]2NC(=O)Nc2ccccn2)cn1. The van der Waals surface area contributed by atoms with Crippen LogP contribution in [0.5, 0.6) is 0 Å². The zero-order valence-corrected chi connectivity index (χ0v) is 12.4. The van der Waals surface area contributed by atoms with E-state index in [1.807, 2.05) is 19.3 Å². The van der Waals surface area contributed by atoms with Gasteiger partial charge in [0.05, 0.1) is 12.2 Å². The van der Waals surface area contributed by atoms with Crippen LogP contribution < -0.4 is 10.6 Å². The van der Waals surface area contributed by atoms with Crippen molar-refractivity contribution in [3.63, 3.8) is 0 Å². The van der Waals surface area contributed by atoms with E-state index in [0.717, 1.165) is 18.4 Å². The number of carbonyl (C=O) groups excluding carboxylic acids is 1. The summed E-state index contributed by atoms with van der Waals surface area (Å²) in [6.07, 6.45) is 6.96. The third-order valence-electron chi connectivity index (χ3n) is 3.60. The lowest BCUT2D eigenvalue weighted by Gasteiger charge is -2.31. The summed E-state index contributed by atoms with van der Waals surface area (Å²) < 4.78 is 7.56. The molecule has 2 aromatic rings. The molecule has 0 bridgehead atoms. The third-order valence-corrected chi connectivity index (χ3v) is 3.60. The Hall–Kier alpha value is -2.41. The van der Waals surface area contributed by atoms with Crippen molar-refractivity contribution >= 4 is 11.8 Å². The lowest BCUT2D eigenvalue weighted by molar-refractivity contribution is -0.00700. The summed E-state index contributed by atoms with van der Waals surface area (Å²) in [5.74, 6) is 0.523. The first kappa shape index (κ1) is 14.5. The van der Waals surface area contributed by atoms with Crippen LogP contribution in [0.1, 0.15) is 24.5 Å². The number of urea groups is 1. The molecular weight excluding hydrogens is 282 g/mol. The Morgan fingerprint density at radius 2 is 2.36 bits per heavy atom. The van der Waals surface area contributed by atoms with Gasteiger partial charge in [0.1, 0.15) is 11.9 Å². The Morgan fingerprint density at radius 1 is 1.45 bits per heavy atom. The molecule has 2 N–H and O–H groups in total. The molecule has 3 heterocycles. The summed E-state index contributed by atoms with van der Waals surface area (Å²) in [4.78, 5) is 16.2. The first-order chi connectivity index (χ1) is 10.7. The number of nitrogens with zero attached hydrogens (tertiary/aromatic N) is 3. The second-order valence-electron chi connectivity index (χ2n) is 5.30. The molecule has 1 fully saturated rings. The average molecular weight is 301 g/mol. The first-order valence-corrected chi connectivity index (χ1v) is 7.31. The number of ether oxygens (including phenoxy) is 1. The average Bonchev–Trinajstić information content (AvgIpc) is 2.95. The van der Waals surface area contributed by atoms with Gasteiger partial charge < -0.3 is 10.1 Å². The normalized spacial score (nSPS) is 21.3. The second kappa shape index (κ2) is 6.57. The van der Waals surface area contributed by atoms with Gasteiger partial charge in [-0.2, -0.15) is 5.10 Å². The number of hydrogen-bond donors (Lipinski definition) is 2. The molecule has 1 aliphatic heterocycles. The molecule has 1 saturated heterocycles. The summed E-state index contributed by atoms with van der Waals surface area (Å²) >= 11 is 0. The molecule has 0 spiro atoms. The molecule has 3 rings (SSSR count). The number of nitrogens with one attached hydrogen (secondary N) is 2. The molecule has 0 unspecified atom stereocenters. The number of amides is 2. The fourth-order valence-corrected chi connectivity index (χ4v) is 2.60. The number of anilines is 1. The van der Waals surface area contributed by atoms with Gasteiger partial charge in [0, 0.05) is 31.6 Å². The summed E-state index contributed by atoms with van der Waals surface area (Å²) in [6, 6.07) is 5.02. The second-order valence-corrected chi connectivity index (χ2v) is 5.30. The highest BCUT2D eigenvalue weighted by Gasteiger charge is 2.29. The largest absolute Gasteiger partial charge is 0.371 e. The van der Waals surface area contributed by atoms with Crippen LogP contribution in [0.15, 0.2) is 36.8 Å². The van der Waals surface area contributed by atoms with Crippen molar-refractivity contribution in [2.24, 2.45) is 7.05 Å². The van der Waals surface area contributed by atoms with E-state index >= 15 is 0 Å². The summed E-state index contributed by atoms with van der Waals surface area (Å²) in [7, 11) is 1.86. The quantitative estimate of drug-likeness (QED) is 0.906. The van der Waals surface area contributed by atoms with E-state index in [4.69, 9.17) is 4.74 Å². The Labute approximate surface area is 128 Å². The molecule has 22 heavy (non-hydrogen) atoms. The van der Waals surface area contributed by atoms with Gasteiger partial charge in [-0.1, -0.05) is 6.07 Å². The minimum absolute atomic E-state index is 0.0818. The smallest absolute Gasteiger partial charge is 0.320 e. The van der Waals surface area contributed by atoms with Crippen molar-refractivity contribution in [3.8, 4) is 0 Å². The summed E-state index contributed by atoms with van der Waals surface area (Å²) in [5.41, 5.74) is 0.977. The van der Waals surface area contributed by atoms with Gasteiger partial charge >= 0.3 is 6.03 Å². The van der Waals surface area contributed by atoms with Crippen LogP contribution in [-0.2, 0) is 11.8 Å². The Balaban J connectivity index is 1.65. The van der Waals surface area contributed by atoms with Gasteiger partial charge in [-0.15, -0.1) is 0 Å². The van der Waals surface area contributed by atoms with Crippen LogP contribution in [0.2, 0.25) is 0 Å². The number of hydrogen-bond acceptors (Lipinski definition) is 4. The number of aryl methyl sites for hydroxylation is 1. The monoisotopic (exact) mass is 301 g/mol. The van der Waals surface area contributed by atoms with Gasteiger partial charge in [0.25, 0.3) is 0 Å². The molecule has 7 heteroatoms. The maximum atomic E-state index is 12.1. The van der Waals surface area contributed by atoms with Crippen LogP contribution in [0.4, 0.5) is 10.6 Å². The highest BCUT2D eigenvalue weighted by molar-refractivity contribution is 5.88. The standard InChI is InChI=1S/C15H19N5O2/c1-20-10-11(9-17-20)14-12(5-4-8-22-14)18-15(21)19-13-6-2-3-7-16-13/h2-3,6-7,9-10,12,14H,4-5,8H2,1H3,(H2,16,18,19,21)/t12-,14+/m0/s1. The molecule has 116 valence electrons. The molecule has 0 saturated carbocycles. The molecule has 0 radical (unpaired) electrons. The first-order valence-electron chi connectivity index (χ1n) is 7.31. The highest BCUT2D eigenvalue weighted by Crippen LogP contribution is 2.28. The van der Waals surface area contributed by atoms with E-state index in [1.54, 1.807) is 29.2 Å². The summed E-state index contributed by atoms with van der Waals surface area (Å²) in [6.45, 7) is 0.694. The van der Waals surface area contributed by atoms with E-state index < -0.39 is 0 Å². The fraction of sp³-hybridized carbons (Fsp3) is 0.400. The van der Waals surface area contributed by atoms with Crippen LogP contribution in [-0.4, -0.2) is 33.4 Å². The van der Waals surface area contributed by atoms with Gasteiger partial charge in [-0.3, -0.25) is 10.00 Å². The van der Waals surface area contributed by atoms with Crippen molar-refractivity contribution in [1.82, 2.24) is 20.1 Å². The fourth-order valence-electron chi connectivity index (χ4n) is 2.60. The zero-order chi connectivity index (χ0) is 15.4. The zero-order valence-electron chi connectivity index (χ0n) is 12.4. The number of aromatic nitrogens is 3. The lowest BCUT2D eigenvalue weighted by Crippen LogP contribution is -2.44. The summed E-state index contributed by atoms with van der Waals surface area (Å²) in [5, 5.41) is 9.87. The number of carbonyl (C=O) groups is 1. The van der Waals surface area contributed by atoms with Gasteiger partial charge in [0.2, 0.25) is 0 Å². The molecule has 0 aromatic carbocycles. The Bertz CT molecular complexity index is 628. The third kappa shape index (κ3) is 3.43. The minimum atomic E-state index is -0.275. The van der Waals surface area contributed by atoms with Crippen molar-refractivity contribution < 1.29 is 9.53 Å². The maximum Gasteiger partial charge on any atom is 0.320 e. The van der Waals surface area contributed by atoms with Gasteiger partial charge in [-0.05, 0) is 25.0 Å². The van der Waals surface area contributed by atoms with Crippen LogP contribution in [0, 0.1) is 0 Å². The van der Waals surface area contributed by atoms with E-state index in [2.05, 4.69) is 20.7 Å². The van der Waals surface area contributed by atoms with Crippen LogP contribution in [0.3, 0.4) is 0 Å². The molecule has 0 aliphatic carbocycles. The van der Waals surface area contributed by atoms with E-state index in [9.17, 15) is 4.79 Å².